The van der Waals surface area contributed by atoms with Crippen molar-refractivity contribution in [2.45, 2.75) is 57.2 Å². The molecule has 4 nitrogen and oxygen atoms in total. The van der Waals surface area contributed by atoms with Gasteiger partial charge in [0.2, 0.25) is 0 Å². The van der Waals surface area contributed by atoms with E-state index in [0.717, 1.165) is 22.5 Å². The van der Waals surface area contributed by atoms with Gasteiger partial charge in [-0.3, -0.25) is 4.90 Å². The predicted octanol–water partition coefficient (Wildman–Crippen LogP) is 8.35. The van der Waals surface area contributed by atoms with E-state index < -0.39 is 67.5 Å². The van der Waals surface area contributed by atoms with Crippen LogP contribution in [0.3, 0.4) is 0 Å². The summed E-state index contributed by atoms with van der Waals surface area (Å²) in [7, 11) is -3.33. The quantitative estimate of drug-likeness (QED) is 0.118. The van der Waals surface area contributed by atoms with E-state index in [0.29, 0.717) is 22.2 Å². The number of nitrogens with zero attached hydrogens (tertiary/aromatic N) is 1. The molecule has 0 bridgehead atoms. The molecule has 5 aromatic rings. The topological polar surface area (TPSA) is 37.5 Å². The van der Waals surface area contributed by atoms with Crippen molar-refractivity contribution < 1.29 is 31.1 Å². The molecule has 0 unspecified atom stereocenters. The first-order valence-corrected chi connectivity index (χ1v) is 18.3. The lowest BCUT2D eigenvalue weighted by atomic mass is 9.87. The number of nitrogens with one attached hydrogen (secondary N) is 1. The molecule has 0 spiro atoms. The Morgan fingerprint density at radius 2 is 1.53 bits per heavy atom. The lowest BCUT2D eigenvalue weighted by Gasteiger charge is -2.45. The molecular formula is C39H40F5N2O2Si. The zero-order valence-corrected chi connectivity index (χ0v) is 29.0. The first-order valence-electron chi connectivity index (χ1n) is 16.4. The summed E-state index contributed by atoms with van der Waals surface area (Å²) in [5.41, 5.74) is 1.05. The Hall–Kier alpha value is -3.99. The number of rotatable bonds is 10. The van der Waals surface area contributed by atoms with Crippen molar-refractivity contribution in [3.8, 4) is 5.75 Å². The second kappa shape index (κ2) is 13.4. The molecule has 1 N–H and O–H groups in total. The van der Waals surface area contributed by atoms with Gasteiger partial charge >= 0.3 is 0 Å². The standard InChI is InChI=1S/C39H40F5N2O2Si/c1-6-47-33-20-18-31(41)34(35(33)42)37-36-30(29-22-26(40)17-19-32(29)45-36)21-25(2)46(37)23-39(43,44)24-48-49(38(3,4)5,27-13-9-7-10-14-27)28-15-11-8-12-16-28/h7-20,22,25,37,45H,1,6,21,23-24H2,2-5H3/t25-,37-/m1/s1. The van der Waals surface area contributed by atoms with Crippen molar-refractivity contribution in [3.05, 3.63) is 132 Å². The van der Waals surface area contributed by atoms with Crippen LogP contribution in [0.25, 0.3) is 10.9 Å². The lowest BCUT2D eigenvalue weighted by Crippen LogP contribution is -2.67. The normalized spacial score (nSPS) is 17.3. The van der Waals surface area contributed by atoms with Crippen LogP contribution in [-0.4, -0.2) is 49.9 Å². The van der Waals surface area contributed by atoms with Gasteiger partial charge in [0, 0.05) is 22.6 Å². The monoisotopic (exact) mass is 691 g/mol. The Balaban J connectivity index is 1.44. The van der Waals surface area contributed by atoms with Crippen LogP contribution >= 0.6 is 0 Å². The van der Waals surface area contributed by atoms with Crippen LogP contribution in [0.4, 0.5) is 22.0 Å². The fourth-order valence-corrected chi connectivity index (χ4v) is 12.0. The van der Waals surface area contributed by atoms with Crippen molar-refractivity contribution >= 4 is 29.6 Å². The number of fused-ring (bicyclic) bond motifs is 3. The van der Waals surface area contributed by atoms with Crippen LogP contribution in [0.1, 0.15) is 50.6 Å². The Bertz CT molecular complexity index is 1890. The van der Waals surface area contributed by atoms with Gasteiger partial charge in [-0.2, -0.15) is 0 Å². The molecule has 10 heteroatoms. The van der Waals surface area contributed by atoms with Crippen LogP contribution in [0.15, 0.2) is 91.0 Å². The molecule has 0 saturated heterocycles. The van der Waals surface area contributed by atoms with Crippen LogP contribution < -0.4 is 15.1 Å². The first kappa shape index (κ1) is 34.9. The highest BCUT2D eigenvalue weighted by Gasteiger charge is 2.52. The summed E-state index contributed by atoms with van der Waals surface area (Å²) in [6.45, 7) is 9.44. The zero-order valence-electron chi connectivity index (χ0n) is 28.0. The molecule has 257 valence electrons. The minimum atomic E-state index is -3.45. The second-order valence-electron chi connectivity index (χ2n) is 13.8. The molecule has 49 heavy (non-hydrogen) atoms. The Morgan fingerprint density at radius 3 is 2.12 bits per heavy atom. The van der Waals surface area contributed by atoms with Crippen molar-refractivity contribution in [1.82, 2.24) is 9.88 Å². The number of hydrogen-bond acceptors (Lipinski definition) is 3. The predicted molar refractivity (Wildman–Crippen MR) is 186 cm³/mol. The fourth-order valence-electron chi connectivity index (χ4n) is 7.39. The molecule has 1 radical (unpaired) electrons. The summed E-state index contributed by atoms with van der Waals surface area (Å²) in [5, 5.41) is 1.71. The molecule has 1 aliphatic heterocycles. The zero-order chi connectivity index (χ0) is 35.1. The van der Waals surface area contributed by atoms with Crippen LogP contribution in [0.5, 0.6) is 5.75 Å². The Kier molecular flexibility index (Phi) is 9.51. The third-order valence-electron chi connectivity index (χ3n) is 9.52. The van der Waals surface area contributed by atoms with E-state index in [1.54, 1.807) is 6.92 Å². The smallest absolute Gasteiger partial charge is 0.282 e. The largest absolute Gasteiger partial charge is 0.491 e. The number of benzene rings is 4. The molecule has 0 fully saturated rings. The van der Waals surface area contributed by atoms with Gasteiger partial charge < -0.3 is 14.1 Å². The van der Waals surface area contributed by atoms with Crippen molar-refractivity contribution in [3.63, 3.8) is 0 Å². The van der Waals surface area contributed by atoms with Gasteiger partial charge in [-0.05, 0) is 71.6 Å². The maximum Gasteiger partial charge on any atom is 0.282 e. The van der Waals surface area contributed by atoms with E-state index in [4.69, 9.17) is 9.16 Å². The minimum Gasteiger partial charge on any atom is -0.491 e. The third kappa shape index (κ3) is 6.42. The summed E-state index contributed by atoms with van der Waals surface area (Å²) in [5.74, 6) is -6.09. The van der Waals surface area contributed by atoms with Crippen molar-refractivity contribution in [1.29, 1.82) is 0 Å². The maximum atomic E-state index is 16.6. The number of alkyl halides is 2. The van der Waals surface area contributed by atoms with Gasteiger partial charge in [-0.1, -0.05) is 81.4 Å². The van der Waals surface area contributed by atoms with E-state index in [1.165, 1.54) is 23.1 Å². The van der Waals surface area contributed by atoms with Crippen molar-refractivity contribution in [2.24, 2.45) is 0 Å². The highest BCUT2D eigenvalue weighted by Crippen LogP contribution is 2.45. The SMILES string of the molecule is [CH2]COc1ccc(F)c([C@@H]2c3[nH]c4ccc(F)cc4c3C[C@@H](C)N2CC(F)(F)CO[Si](c2ccccc2)(c2ccccc2)C(C)(C)C)c1F. The fraction of sp³-hybridized carbons (Fsp3) is 0.308. The third-order valence-corrected chi connectivity index (χ3v) is 14.5. The van der Waals surface area contributed by atoms with E-state index in [2.05, 4.69) is 11.9 Å². The Morgan fingerprint density at radius 1 is 0.898 bits per heavy atom. The number of ether oxygens (including phenoxy) is 1. The van der Waals surface area contributed by atoms with E-state index >= 15 is 17.6 Å². The number of aromatic nitrogens is 1. The van der Waals surface area contributed by atoms with E-state index in [1.807, 2.05) is 81.4 Å². The summed E-state index contributed by atoms with van der Waals surface area (Å²) < 4.78 is 91.6. The highest BCUT2D eigenvalue weighted by atomic mass is 28.4. The maximum absolute atomic E-state index is 16.6. The van der Waals surface area contributed by atoms with Gasteiger partial charge in [-0.25, -0.2) is 22.0 Å². The summed E-state index contributed by atoms with van der Waals surface area (Å²) in [4.78, 5) is 4.60. The molecule has 4 aromatic carbocycles. The molecule has 0 saturated carbocycles. The molecule has 6 rings (SSSR count). The first-order chi connectivity index (χ1) is 23.3. The van der Waals surface area contributed by atoms with Gasteiger partial charge in [0.1, 0.15) is 11.6 Å². The number of aromatic amines is 1. The molecular weight excluding hydrogens is 652 g/mol. The number of halogens is 5. The van der Waals surface area contributed by atoms with E-state index in [9.17, 15) is 4.39 Å². The van der Waals surface area contributed by atoms with Gasteiger partial charge in [0.25, 0.3) is 14.2 Å². The molecule has 0 aliphatic carbocycles. The molecule has 2 atom stereocenters. The highest BCUT2D eigenvalue weighted by molar-refractivity contribution is 6.99. The average molecular weight is 692 g/mol. The van der Waals surface area contributed by atoms with E-state index in [-0.39, 0.29) is 18.8 Å². The van der Waals surface area contributed by atoms with Gasteiger partial charge in [0.05, 0.1) is 31.4 Å². The molecule has 2 heterocycles. The van der Waals surface area contributed by atoms with Crippen LogP contribution in [0.2, 0.25) is 5.04 Å². The second-order valence-corrected chi connectivity index (χ2v) is 18.1. The van der Waals surface area contributed by atoms with Gasteiger partial charge in [-0.15, -0.1) is 0 Å². The van der Waals surface area contributed by atoms with Gasteiger partial charge in [0.15, 0.2) is 11.6 Å². The summed E-state index contributed by atoms with van der Waals surface area (Å²) in [6.07, 6.45) is 0.249. The Labute approximate surface area is 285 Å². The summed E-state index contributed by atoms with van der Waals surface area (Å²) in [6, 6.07) is 23.5. The van der Waals surface area contributed by atoms with Crippen molar-refractivity contribution in [2.75, 3.05) is 19.8 Å². The minimum absolute atomic E-state index is 0.124. The average Bonchev–Trinajstić information content (AvgIpc) is 3.41. The lowest BCUT2D eigenvalue weighted by molar-refractivity contribution is -0.0825. The molecule has 1 aliphatic rings. The number of hydrogen-bond donors (Lipinski definition) is 1. The molecule has 0 amide bonds. The molecule has 1 aromatic heterocycles. The summed E-state index contributed by atoms with van der Waals surface area (Å²) >= 11 is 0. The van der Waals surface area contributed by atoms with Crippen LogP contribution in [-0.2, 0) is 10.8 Å². The van der Waals surface area contributed by atoms with Crippen LogP contribution in [0, 0.1) is 24.4 Å². The number of H-pyrrole nitrogens is 1.